The Kier molecular flexibility index (Phi) is 4.03. The Morgan fingerprint density at radius 3 is 2.62 bits per heavy atom. The quantitative estimate of drug-likeness (QED) is 0.665. The molecule has 0 fully saturated rings. The van der Waals surface area contributed by atoms with Crippen molar-refractivity contribution in [2.75, 3.05) is 12.4 Å². The van der Waals surface area contributed by atoms with E-state index in [1.54, 1.807) is 12.1 Å². The summed E-state index contributed by atoms with van der Waals surface area (Å²) in [6, 6.07) is 10.00. The van der Waals surface area contributed by atoms with Gasteiger partial charge in [-0.05, 0) is 24.3 Å². The number of nitrogens with one attached hydrogen (secondary N) is 1. The molecule has 0 aromatic heterocycles. The molecule has 0 bridgehead atoms. The number of para-hydroxylation sites is 1. The molecular weight excluding hydrogens is 276 g/mol. The second-order valence-corrected chi connectivity index (χ2v) is 4.11. The fraction of sp³-hybridized carbons (Fsp3) is 0.0714. The summed E-state index contributed by atoms with van der Waals surface area (Å²) < 4.78 is 4.91. The highest BCUT2D eigenvalue weighted by molar-refractivity contribution is 6.07. The number of amides is 1. The van der Waals surface area contributed by atoms with Crippen LogP contribution in [-0.4, -0.2) is 23.0 Å². The van der Waals surface area contributed by atoms with E-state index >= 15 is 0 Å². The van der Waals surface area contributed by atoms with Crippen LogP contribution in [-0.2, 0) is 0 Å². The van der Waals surface area contributed by atoms with Gasteiger partial charge >= 0.3 is 0 Å². The minimum Gasteiger partial charge on any atom is -0.507 e. The Hall–Kier alpha value is -3.09. The number of methoxy groups -OCH3 is 1. The number of nitrogens with zero attached hydrogens (tertiary/aromatic N) is 1. The lowest BCUT2D eigenvalue weighted by Crippen LogP contribution is -2.13. The van der Waals surface area contributed by atoms with Gasteiger partial charge in [-0.2, -0.15) is 0 Å². The van der Waals surface area contributed by atoms with Crippen LogP contribution < -0.4 is 10.1 Å². The van der Waals surface area contributed by atoms with Crippen molar-refractivity contribution >= 4 is 17.3 Å². The van der Waals surface area contributed by atoms with Crippen LogP contribution >= 0.6 is 0 Å². The summed E-state index contributed by atoms with van der Waals surface area (Å²) in [5, 5.41) is 23.0. The van der Waals surface area contributed by atoms with Gasteiger partial charge in [-0.25, -0.2) is 0 Å². The van der Waals surface area contributed by atoms with E-state index in [1.807, 2.05) is 0 Å². The molecule has 1 amide bonds. The van der Waals surface area contributed by atoms with Crippen molar-refractivity contribution in [2.45, 2.75) is 0 Å². The Morgan fingerprint density at radius 1 is 1.29 bits per heavy atom. The number of phenols is 1. The van der Waals surface area contributed by atoms with E-state index in [2.05, 4.69) is 5.32 Å². The number of nitro benzene ring substituents is 1. The summed E-state index contributed by atoms with van der Waals surface area (Å²) in [4.78, 5) is 22.4. The van der Waals surface area contributed by atoms with Gasteiger partial charge in [0.15, 0.2) is 0 Å². The summed E-state index contributed by atoms with van der Waals surface area (Å²) in [5.41, 5.74) is -0.241. The van der Waals surface area contributed by atoms with Gasteiger partial charge in [0.25, 0.3) is 11.6 Å². The van der Waals surface area contributed by atoms with Crippen LogP contribution in [0.25, 0.3) is 0 Å². The zero-order valence-corrected chi connectivity index (χ0v) is 11.1. The van der Waals surface area contributed by atoms with Gasteiger partial charge in [0.2, 0.25) is 0 Å². The minimum atomic E-state index is -0.638. The number of rotatable bonds is 4. The summed E-state index contributed by atoms with van der Waals surface area (Å²) in [5.74, 6) is -0.533. The third-order valence-electron chi connectivity index (χ3n) is 2.80. The Bertz CT molecular complexity index is 700. The van der Waals surface area contributed by atoms with Gasteiger partial charge in [0.1, 0.15) is 17.2 Å². The lowest BCUT2D eigenvalue weighted by Gasteiger charge is -2.08. The second kappa shape index (κ2) is 5.91. The summed E-state index contributed by atoms with van der Waals surface area (Å²) in [7, 11) is 1.39. The van der Waals surface area contributed by atoms with E-state index in [4.69, 9.17) is 4.74 Å². The van der Waals surface area contributed by atoms with E-state index in [-0.39, 0.29) is 22.7 Å². The number of benzene rings is 2. The number of hydrogen-bond acceptors (Lipinski definition) is 5. The van der Waals surface area contributed by atoms with Crippen molar-refractivity contribution < 1.29 is 19.6 Å². The number of phenolic OH excluding ortho intramolecular Hbond substituents is 1. The lowest BCUT2D eigenvalue weighted by molar-refractivity contribution is -0.384. The number of hydrogen-bond donors (Lipinski definition) is 2. The van der Waals surface area contributed by atoms with E-state index in [1.165, 1.54) is 37.4 Å². The molecule has 2 rings (SSSR count). The molecule has 0 aliphatic rings. The van der Waals surface area contributed by atoms with Crippen LogP contribution in [0.15, 0.2) is 42.5 Å². The Balaban J connectivity index is 2.33. The molecule has 0 saturated carbocycles. The highest BCUT2D eigenvalue weighted by atomic mass is 16.6. The smallest absolute Gasteiger partial charge is 0.296 e. The first-order valence-corrected chi connectivity index (χ1v) is 5.94. The average Bonchev–Trinajstić information content (AvgIpc) is 2.47. The van der Waals surface area contributed by atoms with Crippen LogP contribution in [0.3, 0.4) is 0 Å². The fourth-order valence-electron chi connectivity index (χ4n) is 1.75. The molecule has 2 aromatic rings. The highest BCUT2D eigenvalue weighted by Gasteiger charge is 2.19. The number of aromatic hydroxyl groups is 1. The molecule has 0 atom stereocenters. The maximum atomic E-state index is 12.0. The average molecular weight is 288 g/mol. The number of carbonyl (C=O) groups excluding carboxylic acids is 1. The van der Waals surface area contributed by atoms with Gasteiger partial charge in [0.05, 0.1) is 23.7 Å². The van der Waals surface area contributed by atoms with Crippen LogP contribution in [0, 0.1) is 10.1 Å². The molecule has 0 spiro atoms. The van der Waals surface area contributed by atoms with Gasteiger partial charge in [-0.3, -0.25) is 14.9 Å². The Labute approximate surface area is 119 Å². The first-order valence-electron chi connectivity index (χ1n) is 5.94. The molecule has 0 aliphatic carbocycles. The molecule has 108 valence electrons. The molecule has 0 unspecified atom stereocenters. The molecule has 0 saturated heterocycles. The molecule has 0 radical (unpaired) electrons. The molecule has 7 heteroatoms. The van der Waals surface area contributed by atoms with Crippen LogP contribution in [0.4, 0.5) is 11.4 Å². The third kappa shape index (κ3) is 3.08. The lowest BCUT2D eigenvalue weighted by atomic mass is 10.1. The monoisotopic (exact) mass is 288 g/mol. The van der Waals surface area contributed by atoms with Crippen LogP contribution in [0.2, 0.25) is 0 Å². The van der Waals surface area contributed by atoms with E-state index in [0.29, 0.717) is 5.75 Å². The van der Waals surface area contributed by atoms with Gasteiger partial charge in [-0.1, -0.05) is 12.1 Å². The van der Waals surface area contributed by atoms with Crippen molar-refractivity contribution in [1.82, 2.24) is 0 Å². The van der Waals surface area contributed by atoms with Crippen molar-refractivity contribution in [3.05, 3.63) is 58.1 Å². The zero-order chi connectivity index (χ0) is 15.4. The molecule has 0 aliphatic heterocycles. The summed E-state index contributed by atoms with van der Waals surface area (Å²) in [6.45, 7) is 0. The molecule has 0 heterocycles. The van der Waals surface area contributed by atoms with Crippen molar-refractivity contribution in [1.29, 1.82) is 0 Å². The van der Waals surface area contributed by atoms with Gasteiger partial charge in [-0.15, -0.1) is 0 Å². The summed E-state index contributed by atoms with van der Waals surface area (Å²) in [6.07, 6.45) is 0. The van der Waals surface area contributed by atoms with E-state index < -0.39 is 10.8 Å². The SMILES string of the molecule is COc1ccc(NC(=O)c2ccccc2O)c([N+](=O)[O-])c1. The molecule has 2 N–H and O–H groups in total. The maximum absolute atomic E-state index is 12.0. The predicted octanol–water partition coefficient (Wildman–Crippen LogP) is 2.56. The maximum Gasteiger partial charge on any atom is 0.296 e. The standard InChI is InChI=1S/C14H12N2O5/c1-21-9-6-7-11(12(8-9)16(19)20)15-14(18)10-4-2-3-5-13(10)17/h2-8,17H,1H3,(H,15,18). The normalized spacial score (nSPS) is 9.95. The van der Waals surface area contributed by atoms with Crippen LogP contribution in [0.1, 0.15) is 10.4 Å². The number of ether oxygens (including phenoxy) is 1. The molecule has 7 nitrogen and oxygen atoms in total. The zero-order valence-electron chi connectivity index (χ0n) is 11.1. The van der Waals surface area contributed by atoms with Gasteiger partial charge < -0.3 is 15.2 Å². The summed E-state index contributed by atoms with van der Waals surface area (Å²) >= 11 is 0. The Morgan fingerprint density at radius 2 is 2.00 bits per heavy atom. The van der Waals surface area contributed by atoms with Gasteiger partial charge in [0, 0.05) is 0 Å². The first-order chi connectivity index (χ1) is 10.0. The number of anilines is 1. The second-order valence-electron chi connectivity index (χ2n) is 4.11. The fourth-order valence-corrected chi connectivity index (χ4v) is 1.75. The molecular formula is C14H12N2O5. The topological polar surface area (TPSA) is 102 Å². The predicted molar refractivity (Wildman–Crippen MR) is 75.7 cm³/mol. The van der Waals surface area contributed by atoms with Crippen LogP contribution in [0.5, 0.6) is 11.5 Å². The minimum absolute atomic E-state index is 0.0223. The highest BCUT2D eigenvalue weighted by Crippen LogP contribution is 2.29. The first kappa shape index (κ1) is 14.3. The van der Waals surface area contributed by atoms with E-state index in [9.17, 15) is 20.0 Å². The molecule has 21 heavy (non-hydrogen) atoms. The van der Waals surface area contributed by atoms with Crippen molar-refractivity contribution in [2.24, 2.45) is 0 Å². The number of carbonyl (C=O) groups is 1. The van der Waals surface area contributed by atoms with E-state index in [0.717, 1.165) is 0 Å². The van der Waals surface area contributed by atoms with Crippen molar-refractivity contribution in [3.8, 4) is 11.5 Å². The number of nitro groups is 1. The molecule has 2 aromatic carbocycles. The largest absolute Gasteiger partial charge is 0.507 e. The van der Waals surface area contributed by atoms with Crippen molar-refractivity contribution in [3.63, 3.8) is 0 Å². The third-order valence-corrected chi connectivity index (χ3v) is 2.80.